The molecule has 0 fully saturated rings. The van der Waals surface area contributed by atoms with Crippen molar-refractivity contribution in [3.05, 3.63) is 22.7 Å². The van der Waals surface area contributed by atoms with E-state index in [9.17, 15) is 0 Å². The highest BCUT2D eigenvalue weighted by Gasteiger charge is 2.02. The molecular weight excluding hydrogens is 264 g/mol. The first-order chi connectivity index (χ1) is 6.77. The van der Waals surface area contributed by atoms with Crippen LogP contribution in [0.25, 0.3) is 0 Å². The third-order valence-corrected chi connectivity index (χ3v) is 2.63. The number of rotatable bonds is 5. The maximum atomic E-state index is 5.53. The lowest BCUT2D eigenvalue weighted by molar-refractivity contribution is 0.316. The molecule has 0 aromatic heterocycles. The number of benzene rings is 1. The fourth-order valence-electron chi connectivity index (χ4n) is 0.972. The minimum atomic E-state index is 0.689. The molecule has 0 heterocycles. The molecule has 0 aliphatic rings. The van der Waals surface area contributed by atoms with Gasteiger partial charge in [0.2, 0.25) is 0 Å². The van der Waals surface area contributed by atoms with Crippen LogP contribution in [0.1, 0.15) is 6.42 Å². The Hall–Kier alpha value is -0.350. The summed E-state index contributed by atoms with van der Waals surface area (Å²) in [4.78, 5) is 0. The summed E-state index contributed by atoms with van der Waals surface area (Å²) in [5.41, 5.74) is 0. The van der Waals surface area contributed by atoms with Gasteiger partial charge in [-0.15, -0.1) is 0 Å². The summed E-state index contributed by atoms with van der Waals surface area (Å²) in [6.07, 6.45) is 0.946. The second-order valence-corrected chi connectivity index (χ2v) is 4.02. The summed E-state index contributed by atoms with van der Waals surface area (Å²) in [6.45, 7) is 0.689. The standard InChI is InChI=1S/C10H13BrO2S/c1-12-8-3-4-10(9(11)7-8)13-5-2-6-14/h3-4,7,14H,2,5-6H2,1H3. The fourth-order valence-corrected chi connectivity index (χ4v) is 1.57. The summed E-state index contributed by atoms with van der Waals surface area (Å²) >= 11 is 7.53. The van der Waals surface area contributed by atoms with Gasteiger partial charge in [0.15, 0.2) is 0 Å². The molecule has 0 saturated heterocycles. The van der Waals surface area contributed by atoms with Crippen LogP contribution < -0.4 is 9.47 Å². The van der Waals surface area contributed by atoms with E-state index in [-0.39, 0.29) is 0 Å². The van der Waals surface area contributed by atoms with E-state index in [1.165, 1.54) is 0 Å². The zero-order valence-corrected chi connectivity index (χ0v) is 10.5. The van der Waals surface area contributed by atoms with Crippen LogP contribution in [0.15, 0.2) is 22.7 Å². The molecule has 0 aliphatic carbocycles. The Morgan fingerprint density at radius 1 is 1.43 bits per heavy atom. The number of halogens is 1. The molecule has 1 rings (SSSR count). The van der Waals surface area contributed by atoms with Gasteiger partial charge in [-0.05, 0) is 46.3 Å². The van der Waals surface area contributed by atoms with E-state index in [1.54, 1.807) is 7.11 Å². The predicted octanol–water partition coefficient (Wildman–Crippen LogP) is 3.16. The molecule has 0 unspecified atom stereocenters. The fraction of sp³-hybridized carbons (Fsp3) is 0.400. The third kappa shape index (κ3) is 3.42. The molecule has 4 heteroatoms. The first-order valence-electron chi connectivity index (χ1n) is 4.35. The molecule has 1 aromatic rings. The Labute approximate surface area is 98.1 Å². The van der Waals surface area contributed by atoms with Gasteiger partial charge in [-0.2, -0.15) is 12.6 Å². The van der Waals surface area contributed by atoms with Gasteiger partial charge in [-0.25, -0.2) is 0 Å². The van der Waals surface area contributed by atoms with Gasteiger partial charge >= 0.3 is 0 Å². The Bertz CT molecular complexity index is 291. The summed E-state index contributed by atoms with van der Waals surface area (Å²) in [7, 11) is 1.64. The van der Waals surface area contributed by atoms with Crippen molar-refractivity contribution in [2.24, 2.45) is 0 Å². The highest BCUT2D eigenvalue weighted by molar-refractivity contribution is 9.10. The smallest absolute Gasteiger partial charge is 0.133 e. The van der Waals surface area contributed by atoms with Crippen LogP contribution in [0.5, 0.6) is 11.5 Å². The lowest BCUT2D eigenvalue weighted by Gasteiger charge is -2.08. The van der Waals surface area contributed by atoms with E-state index in [0.29, 0.717) is 6.61 Å². The minimum absolute atomic E-state index is 0.689. The Morgan fingerprint density at radius 2 is 2.21 bits per heavy atom. The van der Waals surface area contributed by atoms with Gasteiger partial charge in [0.1, 0.15) is 11.5 Å². The predicted molar refractivity (Wildman–Crippen MR) is 64.7 cm³/mol. The molecule has 0 aliphatic heterocycles. The van der Waals surface area contributed by atoms with Crippen LogP contribution in [0, 0.1) is 0 Å². The highest BCUT2D eigenvalue weighted by Crippen LogP contribution is 2.29. The van der Waals surface area contributed by atoms with Gasteiger partial charge in [0, 0.05) is 0 Å². The normalized spacial score (nSPS) is 9.93. The zero-order valence-electron chi connectivity index (χ0n) is 8.00. The topological polar surface area (TPSA) is 18.5 Å². The summed E-state index contributed by atoms with van der Waals surface area (Å²) < 4.78 is 11.5. The monoisotopic (exact) mass is 276 g/mol. The van der Waals surface area contributed by atoms with E-state index in [1.807, 2.05) is 18.2 Å². The van der Waals surface area contributed by atoms with Crippen molar-refractivity contribution in [3.8, 4) is 11.5 Å². The minimum Gasteiger partial charge on any atom is -0.497 e. The van der Waals surface area contributed by atoms with Gasteiger partial charge in [0.25, 0.3) is 0 Å². The SMILES string of the molecule is COc1ccc(OCCCS)c(Br)c1. The Balaban J connectivity index is 2.59. The van der Waals surface area contributed by atoms with Crippen molar-refractivity contribution in [1.82, 2.24) is 0 Å². The molecule has 0 amide bonds. The maximum absolute atomic E-state index is 5.53. The summed E-state index contributed by atoms with van der Waals surface area (Å²) in [5.74, 6) is 2.50. The number of hydrogen-bond donors (Lipinski definition) is 1. The van der Waals surface area contributed by atoms with Crippen molar-refractivity contribution in [2.45, 2.75) is 6.42 Å². The molecule has 1 aromatic carbocycles. The average molecular weight is 277 g/mol. The molecule has 14 heavy (non-hydrogen) atoms. The van der Waals surface area contributed by atoms with E-state index in [0.717, 1.165) is 28.1 Å². The van der Waals surface area contributed by atoms with Crippen LogP contribution in [-0.4, -0.2) is 19.5 Å². The molecule has 0 N–H and O–H groups in total. The van der Waals surface area contributed by atoms with Crippen LogP contribution in [0.2, 0.25) is 0 Å². The van der Waals surface area contributed by atoms with E-state index >= 15 is 0 Å². The molecule has 0 bridgehead atoms. The first kappa shape index (κ1) is 11.7. The molecule has 78 valence electrons. The number of ether oxygens (including phenoxy) is 2. The van der Waals surface area contributed by atoms with Gasteiger partial charge in [-0.3, -0.25) is 0 Å². The molecule has 0 spiro atoms. The van der Waals surface area contributed by atoms with E-state index in [4.69, 9.17) is 9.47 Å². The summed E-state index contributed by atoms with van der Waals surface area (Å²) in [6, 6.07) is 5.65. The zero-order chi connectivity index (χ0) is 10.4. The van der Waals surface area contributed by atoms with E-state index < -0.39 is 0 Å². The number of thiol groups is 1. The quantitative estimate of drug-likeness (QED) is 0.658. The van der Waals surface area contributed by atoms with Gasteiger partial charge in [-0.1, -0.05) is 0 Å². The molecule has 0 radical (unpaired) electrons. The molecule has 0 atom stereocenters. The number of methoxy groups -OCH3 is 1. The number of hydrogen-bond acceptors (Lipinski definition) is 3. The summed E-state index contributed by atoms with van der Waals surface area (Å²) in [5, 5.41) is 0. The molecular formula is C10H13BrO2S. The van der Waals surface area contributed by atoms with Gasteiger partial charge in [0.05, 0.1) is 18.2 Å². The largest absolute Gasteiger partial charge is 0.497 e. The highest BCUT2D eigenvalue weighted by atomic mass is 79.9. The van der Waals surface area contributed by atoms with Crippen molar-refractivity contribution in [3.63, 3.8) is 0 Å². The first-order valence-corrected chi connectivity index (χ1v) is 5.77. The average Bonchev–Trinajstić information content (AvgIpc) is 2.20. The lowest BCUT2D eigenvalue weighted by atomic mass is 10.3. The Morgan fingerprint density at radius 3 is 2.79 bits per heavy atom. The second kappa shape index (κ2) is 6.19. The Kier molecular flexibility index (Phi) is 5.19. The van der Waals surface area contributed by atoms with Crippen LogP contribution >= 0.6 is 28.6 Å². The molecule has 0 saturated carbocycles. The van der Waals surface area contributed by atoms with Crippen molar-refractivity contribution in [2.75, 3.05) is 19.5 Å². The van der Waals surface area contributed by atoms with Crippen molar-refractivity contribution < 1.29 is 9.47 Å². The van der Waals surface area contributed by atoms with Crippen LogP contribution in [-0.2, 0) is 0 Å². The van der Waals surface area contributed by atoms with Crippen LogP contribution in [0.3, 0.4) is 0 Å². The third-order valence-electron chi connectivity index (χ3n) is 1.70. The lowest BCUT2D eigenvalue weighted by Crippen LogP contribution is -1.98. The van der Waals surface area contributed by atoms with Gasteiger partial charge < -0.3 is 9.47 Å². The van der Waals surface area contributed by atoms with Crippen molar-refractivity contribution >= 4 is 28.6 Å². The van der Waals surface area contributed by atoms with E-state index in [2.05, 4.69) is 28.6 Å². The van der Waals surface area contributed by atoms with Crippen LogP contribution in [0.4, 0.5) is 0 Å². The van der Waals surface area contributed by atoms with Crippen molar-refractivity contribution in [1.29, 1.82) is 0 Å². The maximum Gasteiger partial charge on any atom is 0.133 e. The molecule has 2 nitrogen and oxygen atoms in total. The second-order valence-electron chi connectivity index (χ2n) is 2.72.